The number of carbonyl (C=O) groups excluding carboxylic acids is 3. The molecule has 5 rings (SSSR count). The maximum atomic E-state index is 12.6. The van der Waals surface area contributed by atoms with Crippen molar-refractivity contribution >= 4 is 28.8 Å². The summed E-state index contributed by atoms with van der Waals surface area (Å²) in [6.07, 6.45) is 1.94. The Balaban J connectivity index is 0.954. The van der Waals surface area contributed by atoms with Gasteiger partial charge in [-0.05, 0) is 59.2 Å². The molecule has 3 aromatic rings. The lowest BCUT2D eigenvalue weighted by Crippen LogP contribution is -2.34. The smallest absolute Gasteiger partial charge is 0.412 e. The molecule has 0 aromatic heterocycles. The van der Waals surface area contributed by atoms with E-state index in [2.05, 4.69) is 30.3 Å². The van der Waals surface area contributed by atoms with E-state index in [1.807, 2.05) is 36.4 Å². The molecule has 1 saturated heterocycles. The molecule has 1 aliphatic heterocycles. The minimum Gasteiger partial charge on any atom is -0.497 e. The minimum absolute atomic E-state index is 0.00445. The molecule has 0 bridgehead atoms. The number of likely N-dealkylation sites (tertiary alicyclic amines) is 1. The van der Waals surface area contributed by atoms with Crippen molar-refractivity contribution in [1.82, 2.24) is 4.90 Å². The van der Waals surface area contributed by atoms with Gasteiger partial charge in [-0.15, -0.1) is 0 Å². The van der Waals surface area contributed by atoms with E-state index in [9.17, 15) is 14.4 Å². The van der Waals surface area contributed by atoms with Crippen LogP contribution in [0.4, 0.5) is 4.79 Å². The highest BCUT2D eigenvalue weighted by molar-refractivity contribution is 5.83. The van der Waals surface area contributed by atoms with Crippen LogP contribution in [0.25, 0.3) is 10.8 Å². The zero-order chi connectivity index (χ0) is 27.2. The number of esters is 2. The van der Waals surface area contributed by atoms with Crippen LogP contribution < -0.4 is 4.74 Å². The summed E-state index contributed by atoms with van der Waals surface area (Å²) in [6, 6.07) is 22.1. The quantitative estimate of drug-likeness (QED) is 0.187. The summed E-state index contributed by atoms with van der Waals surface area (Å²) in [5, 5.41) is 2.41. The Morgan fingerprint density at radius 3 is 2.33 bits per heavy atom. The predicted molar refractivity (Wildman–Crippen MR) is 144 cm³/mol. The fourth-order valence-corrected chi connectivity index (χ4v) is 5.37. The Bertz CT molecular complexity index is 1340. The number of hydrogen-bond donors (Lipinski definition) is 0. The Morgan fingerprint density at radius 1 is 0.872 bits per heavy atom. The van der Waals surface area contributed by atoms with Crippen molar-refractivity contribution in [2.24, 2.45) is 5.92 Å². The lowest BCUT2D eigenvalue weighted by atomic mass is 9.93. The number of piperidine rings is 1. The Labute approximate surface area is 227 Å². The van der Waals surface area contributed by atoms with Gasteiger partial charge in [-0.3, -0.25) is 9.59 Å². The lowest BCUT2D eigenvalue weighted by molar-refractivity contribution is -0.153. The van der Waals surface area contributed by atoms with Crippen LogP contribution in [-0.2, 0) is 35.8 Å². The van der Waals surface area contributed by atoms with Crippen LogP contribution in [0, 0.1) is 5.92 Å². The molecule has 3 aromatic carbocycles. The molecule has 204 valence electrons. The molecule has 8 heteroatoms. The van der Waals surface area contributed by atoms with Crippen molar-refractivity contribution in [3.8, 4) is 5.75 Å². The number of hydrogen-bond acceptors (Lipinski definition) is 7. The number of amides is 1. The van der Waals surface area contributed by atoms with E-state index in [1.54, 1.807) is 12.0 Å². The number of ether oxygens (including phenoxy) is 4. The maximum Gasteiger partial charge on any atom is 0.412 e. The van der Waals surface area contributed by atoms with Crippen molar-refractivity contribution < 1.29 is 33.3 Å². The van der Waals surface area contributed by atoms with Gasteiger partial charge in [-0.25, -0.2) is 4.79 Å². The van der Waals surface area contributed by atoms with Gasteiger partial charge in [-0.2, -0.15) is 0 Å². The monoisotopic (exact) mass is 531 g/mol. The van der Waals surface area contributed by atoms with Crippen molar-refractivity contribution in [2.45, 2.75) is 44.1 Å². The average Bonchev–Trinajstić information content (AvgIpc) is 3.54. The van der Waals surface area contributed by atoms with Crippen LogP contribution in [0.5, 0.6) is 5.75 Å². The van der Waals surface area contributed by atoms with Crippen molar-refractivity contribution in [3.05, 3.63) is 77.9 Å². The van der Waals surface area contributed by atoms with Crippen LogP contribution in [0.1, 0.15) is 43.2 Å². The number of benzene rings is 3. The third-order valence-corrected chi connectivity index (χ3v) is 7.70. The summed E-state index contributed by atoms with van der Waals surface area (Å²) in [6.45, 7) is 1.04. The summed E-state index contributed by atoms with van der Waals surface area (Å²) in [7, 11) is 1.59. The Kier molecular flexibility index (Phi) is 8.00. The normalized spacial score (nSPS) is 19.3. The van der Waals surface area contributed by atoms with Gasteiger partial charge in [-0.1, -0.05) is 54.6 Å². The summed E-state index contributed by atoms with van der Waals surface area (Å²) in [5.41, 5.74) is 2.13. The number of methoxy groups -OCH3 is 1. The molecule has 0 spiro atoms. The standard InChI is InChI=1S/C31H33NO7/c1-36-27-14-10-22(11-15-27)19-37-28(33)8-4-5-9-29(34)38-21-39-30(35)32-18-26-17-31(26,20-32)25-13-12-23-6-2-3-7-24(23)16-25/h2-3,6-7,10-16,26H,4-5,8-9,17-21H2,1H3/t26-,31+/m1/s1. The predicted octanol–water partition coefficient (Wildman–Crippen LogP) is 5.36. The summed E-state index contributed by atoms with van der Waals surface area (Å²) in [4.78, 5) is 38.2. The van der Waals surface area contributed by atoms with Gasteiger partial charge in [0.1, 0.15) is 12.4 Å². The molecular formula is C31H33NO7. The number of fused-ring (bicyclic) bond motifs is 2. The first-order chi connectivity index (χ1) is 19.0. The molecule has 0 radical (unpaired) electrons. The van der Waals surface area contributed by atoms with E-state index in [-0.39, 0.29) is 30.8 Å². The van der Waals surface area contributed by atoms with Crippen molar-refractivity contribution in [2.75, 3.05) is 27.0 Å². The van der Waals surface area contributed by atoms with E-state index < -0.39 is 18.9 Å². The molecule has 1 amide bonds. The van der Waals surface area contributed by atoms with Gasteiger partial charge in [0, 0.05) is 31.3 Å². The van der Waals surface area contributed by atoms with Crippen LogP contribution in [0.3, 0.4) is 0 Å². The van der Waals surface area contributed by atoms with Crippen LogP contribution in [0.2, 0.25) is 0 Å². The Morgan fingerprint density at radius 2 is 1.59 bits per heavy atom. The van der Waals surface area contributed by atoms with E-state index in [0.29, 0.717) is 31.8 Å². The average molecular weight is 532 g/mol. The topological polar surface area (TPSA) is 91.4 Å². The third-order valence-electron chi connectivity index (χ3n) is 7.70. The first kappa shape index (κ1) is 26.5. The molecule has 2 fully saturated rings. The lowest BCUT2D eigenvalue weighted by Gasteiger charge is -2.21. The number of nitrogens with zero attached hydrogens (tertiary/aromatic N) is 1. The van der Waals surface area contributed by atoms with Gasteiger partial charge < -0.3 is 23.8 Å². The zero-order valence-electron chi connectivity index (χ0n) is 22.1. The fourth-order valence-electron chi connectivity index (χ4n) is 5.37. The van der Waals surface area contributed by atoms with E-state index >= 15 is 0 Å². The van der Waals surface area contributed by atoms with E-state index in [4.69, 9.17) is 18.9 Å². The van der Waals surface area contributed by atoms with Crippen molar-refractivity contribution in [3.63, 3.8) is 0 Å². The molecule has 2 atom stereocenters. The third kappa shape index (κ3) is 6.33. The van der Waals surface area contributed by atoms with Crippen molar-refractivity contribution in [1.29, 1.82) is 0 Å². The molecule has 2 aliphatic rings. The largest absolute Gasteiger partial charge is 0.497 e. The number of carbonyl (C=O) groups is 3. The number of unbranched alkanes of at least 4 members (excludes halogenated alkanes) is 1. The SMILES string of the molecule is COc1ccc(COC(=O)CCCCC(=O)OCOC(=O)N2C[C@H]3C[C@@]3(c3ccc4ccccc4c3)C2)cc1. The Hall–Kier alpha value is -4.07. The zero-order valence-corrected chi connectivity index (χ0v) is 22.1. The van der Waals surface area contributed by atoms with Gasteiger partial charge in [0.25, 0.3) is 0 Å². The second-order valence-electron chi connectivity index (χ2n) is 10.3. The van der Waals surface area contributed by atoms with Crippen LogP contribution in [-0.4, -0.2) is 49.9 Å². The van der Waals surface area contributed by atoms with E-state index in [1.165, 1.54) is 16.3 Å². The first-order valence-electron chi connectivity index (χ1n) is 13.3. The first-order valence-corrected chi connectivity index (χ1v) is 13.3. The van der Waals surface area contributed by atoms with Gasteiger partial charge in [0.2, 0.25) is 6.79 Å². The van der Waals surface area contributed by atoms with Gasteiger partial charge in [0.05, 0.1) is 7.11 Å². The highest BCUT2D eigenvalue weighted by Crippen LogP contribution is 2.59. The highest BCUT2D eigenvalue weighted by Gasteiger charge is 2.62. The maximum absolute atomic E-state index is 12.6. The summed E-state index contributed by atoms with van der Waals surface area (Å²) < 4.78 is 20.6. The summed E-state index contributed by atoms with van der Waals surface area (Å²) in [5.74, 6) is 0.380. The molecule has 1 heterocycles. The van der Waals surface area contributed by atoms with Gasteiger partial charge >= 0.3 is 18.0 Å². The van der Waals surface area contributed by atoms with Crippen LogP contribution >= 0.6 is 0 Å². The van der Waals surface area contributed by atoms with E-state index in [0.717, 1.165) is 17.7 Å². The second-order valence-corrected chi connectivity index (χ2v) is 10.3. The molecular weight excluding hydrogens is 498 g/mol. The molecule has 8 nitrogen and oxygen atoms in total. The highest BCUT2D eigenvalue weighted by atomic mass is 16.7. The summed E-state index contributed by atoms with van der Waals surface area (Å²) >= 11 is 0. The van der Waals surface area contributed by atoms with Crippen LogP contribution in [0.15, 0.2) is 66.7 Å². The van der Waals surface area contributed by atoms with Gasteiger partial charge in [0.15, 0.2) is 0 Å². The molecule has 0 N–H and O–H groups in total. The molecule has 1 saturated carbocycles. The molecule has 39 heavy (non-hydrogen) atoms. The number of rotatable bonds is 11. The fraction of sp³-hybridized carbons (Fsp3) is 0.387. The minimum atomic E-state index is -0.466. The molecule has 1 aliphatic carbocycles. The molecule has 0 unspecified atom stereocenters. The second kappa shape index (κ2) is 11.8.